The Hall–Kier alpha value is -1.86. The van der Waals surface area contributed by atoms with Gasteiger partial charge in [-0.15, -0.1) is 11.3 Å². The molecule has 1 aromatic carbocycles. The van der Waals surface area contributed by atoms with E-state index in [1.165, 1.54) is 0 Å². The number of anilines is 1. The predicted octanol–water partition coefficient (Wildman–Crippen LogP) is 3.38. The van der Waals surface area contributed by atoms with Crippen LogP contribution in [0.3, 0.4) is 0 Å². The van der Waals surface area contributed by atoms with Crippen molar-refractivity contribution in [2.75, 3.05) is 11.1 Å². The molecule has 0 aliphatic carbocycles. The van der Waals surface area contributed by atoms with Crippen LogP contribution in [0.5, 0.6) is 0 Å². The molecule has 0 atom stereocenters. The zero-order chi connectivity index (χ0) is 15.2. The van der Waals surface area contributed by atoms with E-state index in [9.17, 15) is 9.59 Å². The minimum absolute atomic E-state index is 0.471. The number of rotatable bonds is 6. The van der Waals surface area contributed by atoms with Gasteiger partial charge in [0.1, 0.15) is 0 Å². The normalized spacial score (nSPS) is 11.1. The molecule has 1 aromatic heterocycles. The number of carboxylic acid groups (broad SMARTS) is 1. The van der Waals surface area contributed by atoms with E-state index in [1.54, 1.807) is 29.2 Å². The molecular formula is C14H14N2O3S2. The van der Waals surface area contributed by atoms with E-state index in [4.69, 9.17) is 5.11 Å². The van der Waals surface area contributed by atoms with Crippen LogP contribution in [0, 0.1) is 0 Å². The Balaban J connectivity index is 2.11. The summed E-state index contributed by atoms with van der Waals surface area (Å²) in [7, 11) is 0. The molecule has 0 fully saturated rings. The number of aliphatic carboxylic acids is 1. The van der Waals surface area contributed by atoms with Crippen molar-refractivity contribution in [3.8, 4) is 0 Å². The van der Waals surface area contributed by atoms with Gasteiger partial charge < -0.3 is 10.4 Å². The number of hydrogen-bond donors (Lipinski definition) is 2. The average molecular weight is 322 g/mol. The second-order valence-corrected chi connectivity index (χ2v) is 6.54. The lowest BCUT2D eigenvalue weighted by Gasteiger charge is -2.00. The first-order valence-corrected chi connectivity index (χ1v) is 8.14. The lowest BCUT2D eigenvalue weighted by molar-refractivity contribution is -0.131. The van der Waals surface area contributed by atoms with Gasteiger partial charge in [0.05, 0.1) is 10.2 Å². The van der Waals surface area contributed by atoms with Gasteiger partial charge in [0, 0.05) is 23.6 Å². The van der Waals surface area contributed by atoms with E-state index in [1.807, 2.05) is 12.1 Å². The number of thioether (sulfide) groups is 1. The Morgan fingerprint density at radius 1 is 1.43 bits per heavy atom. The standard InChI is InChI=1S/C14H14N2O3S2/c1-2-7-20-14-16-10-4-3-9(8-11(10)21-14)15-12(17)5-6-13(18)19/h3-6,8H,2,7H2,1H3,(H,15,17)(H,18,19). The van der Waals surface area contributed by atoms with Crippen molar-refractivity contribution < 1.29 is 14.7 Å². The summed E-state index contributed by atoms with van der Waals surface area (Å²) >= 11 is 3.31. The van der Waals surface area contributed by atoms with Crippen molar-refractivity contribution >= 4 is 50.9 Å². The van der Waals surface area contributed by atoms with Crippen molar-refractivity contribution in [1.29, 1.82) is 0 Å². The second-order valence-electron chi connectivity index (χ2n) is 4.17. The van der Waals surface area contributed by atoms with Gasteiger partial charge in [-0.3, -0.25) is 4.79 Å². The molecule has 0 bridgehead atoms. The molecule has 5 nitrogen and oxygen atoms in total. The molecule has 1 heterocycles. The number of nitrogens with one attached hydrogen (secondary N) is 1. The highest BCUT2D eigenvalue weighted by molar-refractivity contribution is 8.01. The Morgan fingerprint density at radius 2 is 2.24 bits per heavy atom. The van der Waals surface area contributed by atoms with Crippen LogP contribution < -0.4 is 5.32 Å². The zero-order valence-corrected chi connectivity index (χ0v) is 13.0. The molecule has 0 aliphatic rings. The molecule has 0 aliphatic heterocycles. The van der Waals surface area contributed by atoms with Crippen molar-refractivity contribution in [1.82, 2.24) is 4.98 Å². The van der Waals surface area contributed by atoms with E-state index in [2.05, 4.69) is 17.2 Å². The molecule has 0 unspecified atom stereocenters. The number of nitrogens with zero attached hydrogens (tertiary/aromatic N) is 1. The second kappa shape index (κ2) is 7.24. The maximum Gasteiger partial charge on any atom is 0.328 e. The smallest absolute Gasteiger partial charge is 0.328 e. The molecule has 110 valence electrons. The van der Waals surface area contributed by atoms with E-state index in [0.717, 1.165) is 38.9 Å². The highest BCUT2D eigenvalue weighted by atomic mass is 32.2. The zero-order valence-electron chi connectivity index (χ0n) is 11.3. The van der Waals surface area contributed by atoms with E-state index < -0.39 is 11.9 Å². The molecule has 2 N–H and O–H groups in total. The molecule has 7 heteroatoms. The Morgan fingerprint density at radius 3 is 2.95 bits per heavy atom. The molecule has 1 amide bonds. The lowest BCUT2D eigenvalue weighted by atomic mass is 10.3. The highest BCUT2D eigenvalue weighted by Gasteiger charge is 2.06. The fourth-order valence-electron chi connectivity index (χ4n) is 1.56. The summed E-state index contributed by atoms with van der Waals surface area (Å²) in [5, 5.41) is 11.1. The molecule has 0 saturated heterocycles. The fourth-order valence-corrected chi connectivity index (χ4v) is 3.60. The van der Waals surface area contributed by atoms with Gasteiger partial charge in [-0.2, -0.15) is 0 Å². The van der Waals surface area contributed by atoms with Gasteiger partial charge >= 0.3 is 5.97 Å². The summed E-state index contributed by atoms with van der Waals surface area (Å²) in [4.78, 5) is 26.4. The van der Waals surface area contributed by atoms with Crippen molar-refractivity contribution in [2.24, 2.45) is 0 Å². The van der Waals surface area contributed by atoms with Crippen LogP contribution >= 0.6 is 23.1 Å². The molecule has 2 aromatic rings. The Kier molecular flexibility index (Phi) is 5.35. The number of amides is 1. The van der Waals surface area contributed by atoms with Gasteiger partial charge in [0.25, 0.3) is 0 Å². The van der Waals surface area contributed by atoms with Crippen LogP contribution in [0.2, 0.25) is 0 Å². The summed E-state index contributed by atoms with van der Waals surface area (Å²) in [6, 6.07) is 5.44. The topological polar surface area (TPSA) is 79.3 Å². The Bertz CT molecular complexity index is 695. The number of hydrogen-bond acceptors (Lipinski definition) is 5. The van der Waals surface area contributed by atoms with Gasteiger partial charge in [-0.1, -0.05) is 18.7 Å². The maximum absolute atomic E-state index is 11.5. The van der Waals surface area contributed by atoms with E-state index in [-0.39, 0.29) is 0 Å². The molecule has 21 heavy (non-hydrogen) atoms. The predicted molar refractivity (Wildman–Crippen MR) is 86.0 cm³/mol. The van der Waals surface area contributed by atoms with Crippen molar-refractivity contribution in [3.05, 3.63) is 30.4 Å². The third kappa shape index (κ3) is 4.57. The number of fused-ring (bicyclic) bond motifs is 1. The van der Waals surface area contributed by atoms with Crippen molar-refractivity contribution in [2.45, 2.75) is 17.7 Å². The van der Waals surface area contributed by atoms with Crippen LogP contribution in [0.25, 0.3) is 10.2 Å². The summed E-state index contributed by atoms with van der Waals surface area (Å²) in [5.41, 5.74) is 1.52. The van der Waals surface area contributed by atoms with Crippen LogP contribution in [0.4, 0.5) is 5.69 Å². The first-order chi connectivity index (χ1) is 10.1. The highest BCUT2D eigenvalue weighted by Crippen LogP contribution is 2.31. The molecule has 2 rings (SSSR count). The number of carbonyl (C=O) groups is 2. The number of thiazole rings is 1. The number of carbonyl (C=O) groups excluding carboxylic acids is 1. The summed E-state index contributed by atoms with van der Waals surface area (Å²) in [6.45, 7) is 2.12. The van der Waals surface area contributed by atoms with Gasteiger partial charge in [0.2, 0.25) is 5.91 Å². The molecular weight excluding hydrogens is 308 g/mol. The number of aromatic nitrogens is 1. The summed E-state index contributed by atoms with van der Waals surface area (Å²) in [5.74, 6) is -0.592. The largest absolute Gasteiger partial charge is 0.478 e. The maximum atomic E-state index is 11.5. The fraction of sp³-hybridized carbons (Fsp3) is 0.214. The average Bonchev–Trinajstić information content (AvgIpc) is 2.85. The van der Waals surface area contributed by atoms with Gasteiger partial charge in [-0.25, -0.2) is 9.78 Å². The van der Waals surface area contributed by atoms with E-state index >= 15 is 0 Å². The summed E-state index contributed by atoms with van der Waals surface area (Å²) < 4.78 is 2.01. The SMILES string of the molecule is CCCSc1nc2ccc(NC(=O)C=CC(=O)O)cc2s1. The van der Waals surface area contributed by atoms with Crippen LogP contribution in [-0.2, 0) is 9.59 Å². The lowest BCUT2D eigenvalue weighted by Crippen LogP contribution is -2.08. The van der Waals surface area contributed by atoms with Gasteiger partial charge in [-0.05, 0) is 24.6 Å². The number of benzene rings is 1. The minimum Gasteiger partial charge on any atom is -0.478 e. The van der Waals surface area contributed by atoms with Crippen LogP contribution in [-0.4, -0.2) is 27.7 Å². The minimum atomic E-state index is -1.15. The third-order valence-corrected chi connectivity index (χ3v) is 4.81. The van der Waals surface area contributed by atoms with Gasteiger partial charge in [0.15, 0.2) is 4.34 Å². The molecule has 0 spiro atoms. The third-order valence-electron chi connectivity index (χ3n) is 2.44. The molecule has 0 radical (unpaired) electrons. The monoisotopic (exact) mass is 322 g/mol. The van der Waals surface area contributed by atoms with Crippen molar-refractivity contribution in [3.63, 3.8) is 0 Å². The van der Waals surface area contributed by atoms with Crippen LogP contribution in [0.15, 0.2) is 34.7 Å². The Labute approximate surface area is 130 Å². The molecule has 0 saturated carbocycles. The summed E-state index contributed by atoms with van der Waals surface area (Å²) in [6.07, 6.45) is 2.89. The first-order valence-electron chi connectivity index (χ1n) is 6.34. The quantitative estimate of drug-likeness (QED) is 0.629. The van der Waals surface area contributed by atoms with Crippen LogP contribution in [0.1, 0.15) is 13.3 Å². The first kappa shape index (κ1) is 15.5. The number of carboxylic acids is 1. The van der Waals surface area contributed by atoms with E-state index in [0.29, 0.717) is 5.69 Å².